The van der Waals surface area contributed by atoms with E-state index >= 15 is 0 Å². The lowest BCUT2D eigenvalue weighted by Gasteiger charge is -1.95. The van der Waals surface area contributed by atoms with Gasteiger partial charge in [-0.3, -0.25) is 4.68 Å². The number of halogens is 2. The van der Waals surface area contributed by atoms with Gasteiger partial charge in [-0.15, -0.1) is 0 Å². The predicted molar refractivity (Wildman–Crippen MR) is 58.2 cm³/mol. The Hall–Kier alpha value is -2.24. The van der Waals surface area contributed by atoms with Gasteiger partial charge >= 0.3 is 0 Å². The van der Waals surface area contributed by atoms with Crippen LogP contribution in [0.1, 0.15) is 0 Å². The number of rotatable bonds is 1. The molecule has 0 unspecified atom stereocenters. The van der Waals surface area contributed by atoms with E-state index in [0.29, 0.717) is 11.5 Å². The quantitative estimate of drug-likeness (QED) is 0.701. The number of aryl methyl sites for hydroxylation is 1. The SMILES string of the molecule is Cn1nccc1-c1nc2c(F)ccc(F)c2[nH]1. The van der Waals surface area contributed by atoms with Crippen LogP contribution in [-0.4, -0.2) is 19.7 Å². The van der Waals surface area contributed by atoms with E-state index in [-0.39, 0.29) is 11.0 Å². The standard InChI is InChI=1S/C11H8F2N4/c1-17-8(4-5-14-17)11-15-9-6(12)2-3-7(13)10(9)16-11/h2-5H,1H3,(H,15,16). The molecule has 17 heavy (non-hydrogen) atoms. The molecule has 1 N–H and O–H groups in total. The average Bonchev–Trinajstić information content (AvgIpc) is 2.89. The minimum atomic E-state index is -0.550. The molecule has 1 aromatic carbocycles. The van der Waals surface area contributed by atoms with E-state index in [0.717, 1.165) is 12.1 Å². The maximum Gasteiger partial charge on any atom is 0.157 e. The Labute approximate surface area is 94.9 Å². The smallest absolute Gasteiger partial charge is 0.157 e. The van der Waals surface area contributed by atoms with Gasteiger partial charge in [-0.2, -0.15) is 5.10 Å². The molecular formula is C11H8F2N4. The summed E-state index contributed by atoms with van der Waals surface area (Å²) in [5, 5.41) is 3.98. The van der Waals surface area contributed by atoms with Gasteiger partial charge in [0.05, 0.1) is 0 Å². The van der Waals surface area contributed by atoms with Crippen molar-refractivity contribution in [2.45, 2.75) is 0 Å². The second-order valence-corrected chi connectivity index (χ2v) is 3.68. The first kappa shape index (κ1) is 9.95. The van der Waals surface area contributed by atoms with Crippen LogP contribution >= 0.6 is 0 Å². The van der Waals surface area contributed by atoms with Gasteiger partial charge in [0.15, 0.2) is 11.6 Å². The van der Waals surface area contributed by atoms with Gasteiger partial charge in [0.2, 0.25) is 0 Å². The van der Waals surface area contributed by atoms with Gasteiger partial charge < -0.3 is 4.98 Å². The summed E-state index contributed by atoms with van der Waals surface area (Å²) in [6.07, 6.45) is 1.59. The topological polar surface area (TPSA) is 46.5 Å². The van der Waals surface area contributed by atoms with E-state index in [1.807, 2.05) is 0 Å². The van der Waals surface area contributed by atoms with E-state index in [1.165, 1.54) is 0 Å². The molecule has 0 aliphatic heterocycles. The molecule has 2 heterocycles. The van der Waals surface area contributed by atoms with E-state index in [9.17, 15) is 8.78 Å². The largest absolute Gasteiger partial charge is 0.334 e. The van der Waals surface area contributed by atoms with Gasteiger partial charge in [0.25, 0.3) is 0 Å². The molecule has 4 nitrogen and oxygen atoms in total. The summed E-state index contributed by atoms with van der Waals surface area (Å²) in [7, 11) is 1.73. The number of aromatic amines is 1. The molecule has 0 amide bonds. The number of nitrogens with one attached hydrogen (secondary N) is 1. The fourth-order valence-electron chi connectivity index (χ4n) is 1.76. The molecule has 86 valence electrons. The van der Waals surface area contributed by atoms with Crippen molar-refractivity contribution in [2.24, 2.45) is 7.05 Å². The minimum absolute atomic E-state index is 0.00111. The molecule has 0 radical (unpaired) electrons. The van der Waals surface area contributed by atoms with Crippen LogP contribution in [0.2, 0.25) is 0 Å². The summed E-state index contributed by atoms with van der Waals surface area (Å²) in [6, 6.07) is 3.85. The summed E-state index contributed by atoms with van der Waals surface area (Å²) in [5.74, 6) is -0.683. The molecule has 0 aliphatic rings. The summed E-state index contributed by atoms with van der Waals surface area (Å²) < 4.78 is 28.5. The highest BCUT2D eigenvalue weighted by Crippen LogP contribution is 2.23. The molecule has 2 aromatic heterocycles. The van der Waals surface area contributed by atoms with Gasteiger partial charge in [-0.25, -0.2) is 13.8 Å². The van der Waals surface area contributed by atoms with Crippen LogP contribution in [0.15, 0.2) is 24.4 Å². The number of aromatic nitrogens is 4. The Morgan fingerprint density at radius 2 is 1.94 bits per heavy atom. The first-order valence-electron chi connectivity index (χ1n) is 4.99. The summed E-state index contributed by atoms with van der Waals surface area (Å²) in [4.78, 5) is 6.81. The monoisotopic (exact) mass is 234 g/mol. The maximum absolute atomic E-state index is 13.5. The lowest BCUT2D eigenvalue weighted by molar-refractivity contribution is 0.615. The molecule has 3 aromatic rings. The zero-order valence-electron chi connectivity index (χ0n) is 8.91. The maximum atomic E-state index is 13.5. The Morgan fingerprint density at radius 1 is 1.18 bits per heavy atom. The Bertz CT molecular complexity index is 660. The number of hydrogen-bond donors (Lipinski definition) is 1. The third-order valence-corrected chi connectivity index (χ3v) is 2.61. The van der Waals surface area contributed by atoms with Crippen molar-refractivity contribution in [3.8, 4) is 11.5 Å². The molecule has 6 heteroatoms. The number of H-pyrrole nitrogens is 1. The number of nitrogens with zero attached hydrogens (tertiary/aromatic N) is 3. The molecular weight excluding hydrogens is 226 g/mol. The summed E-state index contributed by atoms with van der Waals surface area (Å²) >= 11 is 0. The molecule has 0 atom stereocenters. The molecule has 0 spiro atoms. The lowest BCUT2D eigenvalue weighted by Crippen LogP contribution is -1.94. The van der Waals surface area contributed by atoms with Crippen molar-refractivity contribution in [3.63, 3.8) is 0 Å². The van der Waals surface area contributed by atoms with E-state index in [2.05, 4.69) is 15.1 Å². The van der Waals surface area contributed by atoms with Crippen molar-refractivity contribution < 1.29 is 8.78 Å². The third kappa shape index (κ3) is 1.41. The molecule has 0 fully saturated rings. The Morgan fingerprint density at radius 3 is 2.59 bits per heavy atom. The fourth-order valence-corrected chi connectivity index (χ4v) is 1.76. The fraction of sp³-hybridized carbons (Fsp3) is 0.0909. The molecule has 3 rings (SSSR count). The number of fused-ring (bicyclic) bond motifs is 1. The van der Waals surface area contributed by atoms with Crippen molar-refractivity contribution in [1.82, 2.24) is 19.7 Å². The zero-order valence-corrected chi connectivity index (χ0v) is 8.91. The summed E-state index contributed by atoms with van der Waals surface area (Å²) in [5.41, 5.74) is 0.738. The third-order valence-electron chi connectivity index (χ3n) is 2.61. The molecule has 0 saturated heterocycles. The van der Waals surface area contributed by atoms with Crippen LogP contribution in [0.3, 0.4) is 0 Å². The van der Waals surface area contributed by atoms with Gasteiger partial charge in [0, 0.05) is 13.2 Å². The average molecular weight is 234 g/mol. The van der Waals surface area contributed by atoms with Crippen LogP contribution < -0.4 is 0 Å². The van der Waals surface area contributed by atoms with Crippen LogP contribution in [0, 0.1) is 11.6 Å². The highest BCUT2D eigenvalue weighted by Gasteiger charge is 2.14. The van der Waals surface area contributed by atoms with Crippen LogP contribution in [0.25, 0.3) is 22.6 Å². The number of hydrogen-bond acceptors (Lipinski definition) is 2. The van der Waals surface area contributed by atoms with Crippen molar-refractivity contribution in [3.05, 3.63) is 36.0 Å². The van der Waals surface area contributed by atoms with E-state index in [1.54, 1.807) is 24.0 Å². The van der Waals surface area contributed by atoms with Gasteiger partial charge in [-0.05, 0) is 18.2 Å². The van der Waals surface area contributed by atoms with Crippen LogP contribution in [0.5, 0.6) is 0 Å². The zero-order chi connectivity index (χ0) is 12.0. The van der Waals surface area contributed by atoms with Gasteiger partial charge in [-0.1, -0.05) is 0 Å². The van der Waals surface area contributed by atoms with E-state index in [4.69, 9.17) is 0 Å². The lowest BCUT2D eigenvalue weighted by atomic mass is 10.3. The predicted octanol–water partition coefficient (Wildman–Crippen LogP) is 2.24. The Kier molecular flexibility index (Phi) is 1.98. The molecule has 0 aliphatic carbocycles. The van der Waals surface area contributed by atoms with Crippen molar-refractivity contribution in [2.75, 3.05) is 0 Å². The summed E-state index contributed by atoms with van der Waals surface area (Å²) in [6.45, 7) is 0. The number of benzene rings is 1. The van der Waals surface area contributed by atoms with Gasteiger partial charge in [0.1, 0.15) is 22.5 Å². The second-order valence-electron chi connectivity index (χ2n) is 3.68. The van der Waals surface area contributed by atoms with E-state index < -0.39 is 11.6 Å². The first-order valence-corrected chi connectivity index (χ1v) is 4.99. The Balaban J connectivity index is 2.31. The second kappa shape index (κ2) is 3.38. The minimum Gasteiger partial charge on any atom is -0.334 e. The molecule has 0 saturated carbocycles. The normalized spacial score (nSPS) is 11.2. The highest BCUT2D eigenvalue weighted by molar-refractivity contribution is 5.79. The molecule has 0 bridgehead atoms. The van der Waals surface area contributed by atoms with Crippen molar-refractivity contribution in [1.29, 1.82) is 0 Å². The number of imidazole rings is 1. The van der Waals surface area contributed by atoms with Crippen LogP contribution in [-0.2, 0) is 7.05 Å². The van der Waals surface area contributed by atoms with Crippen LogP contribution in [0.4, 0.5) is 8.78 Å². The highest BCUT2D eigenvalue weighted by atomic mass is 19.1. The van der Waals surface area contributed by atoms with Crippen molar-refractivity contribution >= 4 is 11.0 Å². The first-order chi connectivity index (χ1) is 8.16.